The molecule has 2 aromatic rings. The number of halogens is 3. The lowest BCUT2D eigenvalue weighted by Crippen LogP contribution is -2.38. The molecule has 5 nitrogen and oxygen atoms in total. The minimum absolute atomic E-state index is 0.0986. The predicted molar refractivity (Wildman–Crippen MR) is 106 cm³/mol. The maximum atomic E-state index is 12.6. The number of nitrogens with zero attached hydrogens (tertiary/aromatic N) is 2. The normalized spacial score (nSPS) is 12.3. The number of thiazole rings is 1. The van der Waals surface area contributed by atoms with Gasteiger partial charge in [0.15, 0.2) is 11.7 Å². The second-order valence-electron chi connectivity index (χ2n) is 6.31. The fraction of sp³-hybridized carbons (Fsp3) is 0.474. The molecule has 2 N–H and O–H groups in total. The molecule has 28 heavy (non-hydrogen) atoms. The van der Waals surface area contributed by atoms with E-state index in [1.54, 1.807) is 0 Å². The van der Waals surface area contributed by atoms with Crippen molar-refractivity contribution in [3.8, 4) is 5.75 Å². The van der Waals surface area contributed by atoms with Crippen molar-refractivity contribution < 1.29 is 17.9 Å². The summed E-state index contributed by atoms with van der Waals surface area (Å²) in [6, 6.07) is 7.74. The maximum Gasteiger partial charge on any atom is 0.434 e. The molecule has 9 heteroatoms. The van der Waals surface area contributed by atoms with Crippen LogP contribution in [0.1, 0.15) is 37.0 Å². The van der Waals surface area contributed by atoms with E-state index >= 15 is 0 Å². The zero-order valence-corrected chi connectivity index (χ0v) is 17.0. The Morgan fingerprint density at radius 3 is 2.71 bits per heavy atom. The number of hydrogen-bond acceptors (Lipinski definition) is 4. The van der Waals surface area contributed by atoms with Crippen LogP contribution in [0.15, 0.2) is 34.6 Å². The molecule has 0 atom stereocenters. The Kier molecular flexibility index (Phi) is 8.10. The van der Waals surface area contributed by atoms with Gasteiger partial charge in [0.25, 0.3) is 0 Å². The van der Waals surface area contributed by atoms with Crippen molar-refractivity contribution in [1.82, 2.24) is 15.6 Å². The summed E-state index contributed by atoms with van der Waals surface area (Å²) in [5, 5.41) is 7.73. The average Bonchev–Trinajstić information content (AvgIpc) is 3.09. The van der Waals surface area contributed by atoms with Gasteiger partial charge in [-0.3, -0.25) is 0 Å². The summed E-state index contributed by atoms with van der Waals surface area (Å²) in [7, 11) is 0. The summed E-state index contributed by atoms with van der Waals surface area (Å²) >= 11 is 1.01. The van der Waals surface area contributed by atoms with Gasteiger partial charge in [-0.25, -0.2) is 9.98 Å². The summed E-state index contributed by atoms with van der Waals surface area (Å²) in [5.41, 5.74) is 0.168. The second kappa shape index (κ2) is 10.3. The van der Waals surface area contributed by atoms with E-state index in [-0.39, 0.29) is 6.10 Å². The first-order valence-electron chi connectivity index (χ1n) is 9.07. The van der Waals surface area contributed by atoms with Gasteiger partial charge in [-0.15, -0.1) is 11.3 Å². The van der Waals surface area contributed by atoms with Gasteiger partial charge in [0.05, 0.1) is 17.7 Å². The van der Waals surface area contributed by atoms with E-state index in [4.69, 9.17) is 4.74 Å². The van der Waals surface area contributed by atoms with Crippen LogP contribution in [0.2, 0.25) is 0 Å². The zero-order chi connectivity index (χ0) is 20.6. The Balaban J connectivity index is 1.91. The van der Waals surface area contributed by atoms with Crippen LogP contribution in [0, 0.1) is 0 Å². The maximum absolute atomic E-state index is 12.6. The molecule has 1 heterocycles. The molecule has 1 aromatic carbocycles. The number of aliphatic imine (C=N–C) groups is 1. The number of ether oxygens (including phenoxy) is 1. The molecule has 0 saturated carbocycles. The molecule has 0 radical (unpaired) electrons. The number of nitrogens with one attached hydrogen (secondary N) is 2. The molecule has 0 bridgehead atoms. The van der Waals surface area contributed by atoms with Crippen molar-refractivity contribution in [2.75, 3.05) is 13.1 Å². The Labute approximate surface area is 167 Å². The molecule has 0 unspecified atom stereocenters. The average molecular weight is 414 g/mol. The van der Waals surface area contributed by atoms with Crippen LogP contribution in [0.4, 0.5) is 13.2 Å². The van der Waals surface area contributed by atoms with Gasteiger partial charge in [0.1, 0.15) is 5.75 Å². The van der Waals surface area contributed by atoms with Gasteiger partial charge in [-0.1, -0.05) is 12.1 Å². The molecule has 0 spiro atoms. The number of hydrogen-bond donors (Lipinski definition) is 2. The monoisotopic (exact) mass is 414 g/mol. The van der Waals surface area contributed by atoms with E-state index in [0.717, 1.165) is 28.0 Å². The molecule has 1 aromatic heterocycles. The van der Waals surface area contributed by atoms with E-state index in [9.17, 15) is 13.2 Å². The Hall–Kier alpha value is -2.29. The highest BCUT2D eigenvalue weighted by Crippen LogP contribution is 2.30. The summed E-state index contributed by atoms with van der Waals surface area (Å²) in [6.45, 7) is 7.46. The van der Waals surface area contributed by atoms with Gasteiger partial charge in [-0.2, -0.15) is 13.2 Å². The topological polar surface area (TPSA) is 58.5 Å². The number of guanidine groups is 1. The summed E-state index contributed by atoms with van der Waals surface area (Å²) in [5.74, 6) is 1.40. The summed E-state index contributed by atoms with van der Waals surface area (Å²) in [6.07, 6.45) is -3.91. The third kappa shape index (κ3) is 7.38. The molecule has 0 aliphatic rings. The highest BCUT2D eigenvalue weighted by molar-refractivity contribution is 7.09. The minimum Gasteiger partial charge on any atom is -0.491 e. The largest absolute Gasteiger partial charge is 0.491 e. The lowest BCUT2D eigenvalue weighted by atomic mass is 10.2. The first-order valence-corrected chi connectivity index (χ1v) is 9.95. The van der Waals surface area contributed by atoms with Crippen molar-refractivity contribution in [3.63, 3.8) is 0 Å². The molecule has 0 aliphatic carbocycles. The third-order valence-electron chi connectivity index (χ3n) is 3.51. The van der Waals surface area contributed by atoms with Crippen LogP contribution in [0.5, 0.6) is 5.75 Å². The molecule has 0 aliphatic heterocycles. The van der Waals surface area contributed by atoms with E-state index < -0.39 is 11.9 Å². The quantitative estimate of drug-likeness (QED) is 0.501. The van der Waals surface area contributed by atoms with Crippen LogP contribution in [0.3, 0.4) is 0 Å². The van der Waals surface area contributed by atoms with Gasteiger partial charge >= 0.3 is 6.18 Å². The van der Waals surface area contributed by atoms with Crippen LogP contribution in [0.25, 0.3) is 0 Å². The molecular weight excluding hydrogens is 389 g/mol. The van der Waals surface area contributed by atoms with Crippen molar-refractivity contribution in [1.29, 1.82) is 0 Å². The molecule has 0 saturated heterocycles. The van der Waals surface area contributed by atoms with Crippen LogP contribution < -0.4 is 15.4 Å². The van der Waals surface area contributed by atoms with E-state index in [1.807, 2.05) is 45.0 Å². The highest BCUT2D eigenvalue weighted by Gasteiger charge is 2.33. The fourth-order valence-corrected chi connectivity index (χ4v) is 3.15. The smallest absolute Gasteiger partial charge is 0.434 e. The highest BCUT2D eigenvalue weighted by atomic mass is 32.1. The first-order chi connectivity index (χ1) is 13.3. The summed E-state index contributed by atoms with van der Waals surface area (Å²) in [4.78, 5) is 8.15. The van der Waals surface area contributed by atoms with E-state index in [2.05, 4.69) is 20.6 Å². The predicted octanol–water partition coefficient (Wildman–Crippen LogP) is 4.25. The molecular formula is C19H25F3N4OS. The zero-order valence-electron chi connectivity index (χ0n) is 16.1. The summed E-state index contributed by atoms with van der Waals surface area (Å²) < 4.78 is 43.5. The molecule has 0 amide bonds. The van der Waals surface area contributed by atoms with Crippen LogP contribution in [-0.4, -0.2) is 30.1 Å². The second-order valence-corrected chi connectivity index (χ2v) is 7.25. The molecule has 154 valence electrons. The number of alkyl halides is 3. The fourth-order valence-electron chi connectivity index (χ4n) is 2.35. The van der Waals surface area contributed by atoms with Gasteiger partial charge in [0, 0.05) is 24.9 Å². The lowest BCUT2D eigenvalue weighted by molar-refractivity contribution is -0.140. The number of benzene rings is 1. The SMILES string of the molecule is CCNC(=NCc1cccc(OC(C)C)c1)NCCc1nc(C(F)(F)F)cs1. The Morgan fingerprint density at radius 1 is 1.29 bits per heavy atom. The number of aromatic nitrogens is 1. The standard InChI is InChI=1S/C19H25F3N4OS/c1-4-23-18(24-9-8-17-26-16(12-28-17)19(20,21)22)25-11-14-6-5-7-15(10-14)27-13(2)3/h5-7,10,12-13H,4,8-9,11H2,1-3H3,(H2,23,24,25). The van der Waals surface area contributed by atoms with Crippen molar-refractivity contribution in [2.45, 2.75) is 46.0 Å². The van der Waals surface area contributed by atoms with E-state index in [0.29, 0.717) is 37.0 Å². The molecule has 0 fully saturated rings. The van der Waals surface area contributed by atoms with Gasteiger partial charge in [-0.05, 0) is 38.5 Å². The minimum atomic E-state index is -4.40. The molecule has 2 rings (SSSR count). The Bertz CT molecular complexity index is 775. The number of rotatable bonds is 8. The van der Waals surface area contributed by atoms with Crippen molar-refractivity contribution in [3.05, 3.63) is 45.9 Å². The van der Waals surface area contributed by atoms with Crippen LogP contribution >= 0.6 is 11.3 Å². The van der Waals surface area contributed by atoms with Crippen molar-refractivity contribution >= 4 is 17.3 Å². The third-order valence-corrected chi connectivity index (χ3v) is 4.42. The van der Waals surface area contributed by atoms with Gasteiger partial charge < -0.3 is 15.4 Å². The lowest BCUT2D eigenvalue weighted by Gasteiger charge is -2.12. The first kappa shape index (κ1) is 22.0. The Morgan fingerprint density at radius 2 is 2.07 bits per heavy atom. The van der Waals surface area contributed by atoms with E-state index in [1.165, 1.54) is 0 Å². The van der Waals surface area contributed by atoms with Crippen LogP contribution in [-0.2, 0) is 19.1 Å². The van der Waals surface area contributed by atoms with Crippen molar-refractivity contribution in [2.24, 2.45) is 4.99 Å². The van der Waals surface area contributed by atoms with Gasteiger partial charge in [0.2, 0.25) is 0 Å².